The minimum atomic E-state index is 0.888. The van der Waals surface area contributed by atoms with E-state index in [1.807, 2.05) is 42.6 Å². The fourth-order valence-electron chi connectivity index (χ4n) is 3.71. The summed E-state index contributed by atoms with van der Waals surface area (Å²) in [5.74, 6) is 0. The third-order valence-electron chi connectivity index (χ3n) is 4.79. The zero-order valence-electron chi connectivity index (χ0n) is 15.9. The van der Waals surface area contributed by atoms with Gasteiger partial charge in [0.15, 0.2) is 0 Å². The smallest absolute Gasteiger partial charge is 0.0899 e. The molecule has 0 aliphatic carbocycles. The number of hydrogen-bond donors (Lipinski definition) is 0. The van der Waals surface area contributed by atoms with Gasteiger partial charge in [0.1, 0.15) is 0 Å². The van der Waals surface area contributed by atoms with E-state index >= 15 is 0 Å². The van der Waals surface area contributed by atoms with Crippen LogP contribution < -0.4 is 0 Å². The van der Waals surface area contributed by atoms with Crippen LogP contribution in [0, 0.1) is 20.8 Å². The third kappa shape index (κ3) is 3.52. The number of nitrogens with zero attached hydrogens (tertiary/aromatic N) is 2. The van der Waals surface area contributed by atoms with Crippen molar-refractivity contribution in [3.63, 3.8) is 0 Å². The highest BCUT2D eigenvalue weighted by atomic mass is 14.8. The standard InChI is InChI=1S/C25H22N2/c1-17-13-18(2)25(19(3)14-17)21-15-23(20-9-5-4-6-10-20)27-24(16-21)22-11-7-8-12-26-22/h4-16H,1-3H3. The minimum absolute atomic E-state index is 0.888. The molecule has 2 aromatic carbocycles. The maximum atomic E-state index is 4.91. The van der Waals surface area contributed by atoms with Gasteiger partial charge in [-0.05, 0) is 67.3 Å². The van der Waals surface area contributed by atoms with Gasteiger partial charge in [-0.25, -0.2) is 4.98 Å². The largest absolute Gasteiger partial charge is 0.255 e. The number of aryl methyl sites for hydroxylation is 3. The summed E-state index contributed by atoms with van der Waals surface area (Å²) in [6.07, 6.45) is 1.81. The summed E-state index contributed by atoms with van der Waals surface area (Å²) < 4.78 is 0. The maximum absolute atomic E-state index is 4.91. The second-order valence-electron chi connectivity index (χ2n) is 6.98. The zero-order chi connectivity index (χ0) is 18.8. The van der Waals surface area contributed by atoms with E-state index in [0.29, 0.717) is 0 Å². The SMILES string of the molecule is Cc1cc(C)c(-c2cc(-c3ccccc3)nc(-c3ccccn3)c2)c(C)c1. The van der Waals surface area contributed by atoms with Gasteiger partial charge in [0, 0.05) is 11.8 Å². The van der Waals surface area contributed by atoms with E-state index in [0.717, 1.165) is 22.6 Å². The van der Waals surface area contributed by atoms with Crippen LogP contribution in [0.4, 0.5) is 0 Å². The van der Waals surface area contributed by atoms with Crippen molar-refractivity contribution in [3.8, 4) is 33.8 Å². The number of rotatable bonds is 3. The van der Waals surface area contributed by atoms with E-state index in [1.54, 1.807) is 0 Å². The Hall–Kier alpha value is -3.26. The Bertz CT molecular complexity index is 1000. The Balaban J connectivity index is 1.97. The van der Waals surface area contributed by atoms with E-state index in [-0.39, 0.29) is 0 Å². The Labute approximate surface area is 160 Å². The molecule has 0 aliphatic heterocycles. The Kier molecular flexibility index (Phi) is 4.55. The van der Waals surface area contributed by atoms with E-state index in [1.165, 1.54) is 27.8 Å². The van der Waals surface area contributed by atoms with E-state index < -0.39 is 0 Å². The molecule has 0 saturated heterocycles. The Morgan fingerprint density at radius 1 is 0.593 bits per heavy atom. The monoisotopic (exact) mass is 350 g/mol. The summed E-state index contributed by atoms with van der Waals surface area (Å²) in [4.78, 5) is 9.43. The molecule has 4 rings (SSSR count). The molecule has 0 amide bonds. The molecule has 0 radical (unpaired) electrons. The number of aromatic nitrogens is 2. The quantitative estimate of drug-likeness (QED) is 0.427. The molecule has 0 unspecified atom stereocenters. The van der Waals surface area contributed by atoms with Crippen LogP contribution in [0.1, 0.15) is 16.7 Å². The van der Waals surface area contributed by atoms with Gasteiger partial charge in [-0.1, -0.05) is 54.1 Å². The van der Waals surface area contributed by atoms with Gasteiger partial charge < -0.3 is 0 Å². The van der Waals surface area contributed by atoms with Crippen molar-refractivity contribution in [1.82, 2.24) is 9.97 Å². The van der Waals surface area contributed by atoms with Crippen molar-refractivity contribution in [3.05, 3.63) is 95.7 Å². The van der Waals surface area contributed by atoms with Gasteiger partial charge in [-0.15, -0.1) is 0 Å². The molecule has 2 heteroatoms. The van der Waals surface area contributed by atoms with Crippen LogP contribution in [0.25, 0.3) is 33.8 Å². The van der Waals surface area contributed by atoms with Crippen LogP contribution in [0.5, 0.6) is 0 Å². The molecular formula is C25H22N2. The van der Waals surface area contributed by atoms with E-state index in [4.69, 9.17) is 4.98 Å². The lowest BCUT2D eigenvalue weighted by atomic mass is 9.92. The molecule has 0 bridgehead atoms. The molecule has 0 spiro atoms. The lowest BCUT2D eigenvalue weighted by Crippen LogP contribution is -1.95. The molecule has 27 heavy (non-hydrogen) atoms. The molecule has 0 fully saturated rings. The highest BCUT2D eigenvalue weighted by Crippen LogP contribution is 2.33. The number of pyridine rings is 2. The van der Waals surface area contributed by atoms with Gasteiger partial charge in [0.2, 0.25) is 0 Å². The van der Waals surface area contributed by atoms with Crippen molar-refractivity contribution in [2.45, 2.75) is 20.8 Å². The molecule has 4 aromatic rings. The predicted octanol–water partition coefficient (Wildman–Crippen LogP) is 6.40. The molecule has 132 valence electrons. The first-order valence-corrected chi connectivity index (χ1v) is 9.19. The third-order valence-corrected chi connectivity index (χ3v) is 4.79. The first-order valence-electron chi connectivity index (χ1n) is 9.19. The molecule has 2 heterocycles. The lowest BCUT2D eigenvalue weighted by Gasteiger charge is -2.14. The summed E-state index contributed by atoms with van der Waals surface area (Å²) >= 11 is 0. The van der Waals surface area contributed by atoms with Crippen LogP contribution in [0.3, 0.4) is 0 Å². The fourth-order valence-corrected chi connectivity index (χ4v) is 3.71. The van der Waals surface area contributed by atoms with Crippen LogP contribution in [-0.4, -0.2) is 9.97 Å². The molecule has 0 aliphatic rings. The molecule has 0 N–H and O–H groups in total. The average Bonchev–Trinajstić information content (AvgIpc) is 2.68. The zero-order valence-corrected chi connectivity index (χ0v) is 15.9. The second-order valence-corrected chi connectivity index (χ2v) is 6.98. The lowest BCUT2D eigenvalue weighted by molar-refractivity contribution is 1.24. The van der Waals surface area contributed by atoms with Crippen LogP contribution in [0.15, 0.2) is 79.0 Å². The second kappa shape index (κ2) is 7.16. The summed E-state index contributed by atoms with van der Waals surface area (Å²) in [7, 11) is 0. The minimum Gasteiger partial charge on any atom is -0.255 e. The summed E-state index contributed by atoms with van der Waals surface area (Å²) in [6.45, 7) is 6.50. The van der Waals surface area contributed by atoms with Gasteiger partial charge in [-0.2, -0.15) is 0 Å². The van der Waals surface area contributed by atoms with Gasteiger partial charge in [0.05, 0.1) is 17.1 Å². The van der Waals surface area contributed by atoms with Crippen molar-refractivity contribution in [2.24, 2.45) is 0 Å². The average molecular weight is 350 g/mol. The molecule has 2 aromatic heterocycles. The summed E-state index contributed by atoms with van der Waals surface area (Å²) in [6, 6.07) is 25.1. The van der Waals surface area contributed by atoms with Crippen molar-refractivity contribution in [2.75, 3.05) is 0 Å². The van der Waals surface area contributed by atoms with Crippen molar-refractivity contribution < 1.29 is 0 Å². The Morgan fingerprint density at radius 2 is 1.26 bits per heavy atom. The fraction of sp³-hybridized carbons (Fsp3) is 0.120. The maximum Gasteiger partial charge on any atom is 0.0899 e. The highest BCUT2D eigenvalue weighted by molar-refractivity contribution is 5.79. The predicted molar refractivity (Wildman–Crippen MR) is 113 cm³/mol. The van der Waals surface area contributed by atoms with Crippen molar-refractivity contribution in [1.29, 1.82) is 0 Å². The van der Waals surface area contributed by atoms with E-state index in [2.05, 4.69) is 62.2 Å². The van der Waals surface area contributed by atoms with Gasteiger partial charge in [-0.3, -0.25) is 4.98 Å². The van der Waals surface area contributed by atoms with Crippen LogP contribution in [-0.2, 0) is 0 Å². The first-order chi connectivity index (χ1) is 13.1. The highest BCUT2D eigenvalue weighted by Gasteiger charge is 2.12. The number of hydrogen-bond acceptors (Lipinski definition) is 2. The molecular weight excluding hydrogens is 328 g/mol. The van der Waals surface area contributed by atoms with E-state index in [9.17, 15) is 0 Å². The normalized spacial score (nSPS) is 10.8. The number of benzene rings is 2. The molecule has 2 nitrogen and oxygen atoms in total. The summed E-state index contributed by atoms with van der Waals surface area (Å²) in [5.41, 5.74) is 10.2. The van der Waals surface area contributed by atoms with Gasteiger partial charge in [0.25, 0.3) is 0 Å². The van der Waals surface area contributed by atoms with Crippen LogP contribution in [0.2, 0.25) is 0 Å². The topological polar surface area (TPSA) is 25.8 Å². The summed E-state index contributed by atoms with van der Waals surface area (Å²) in [5, 5.41) is 0. The van der Waals surface area contributed by atoms with Crippen LogP contribution >= 0.6 is 0 Å². The van der Waals surface area contributed by atoms with Crippen molar-refractivity contribution >= 4 is 0 Å². The molecule has 0 saturated carbocycles. The molecule has 0 atom stereocenters. The first kappa shape index (κ1) is 17.2. The van der Waals surface area contributed by atoms with Gasteiger partial charge >= 0.3 is 0 Å². The Morgan fingerprint density at radius 3 is 1.93 bits per heavy atom.